The van der Waals surface area contributed by atoms with Crippen molar-refractivity contribution in [3.05, 3.63) is 39.3 Å². The van der Waals surface area contributed by atoms with Gasteiger partial charge in [-0.1, -0.05) is 12.2 Å². The molecule has 1 aliphatic rings. The van der Waals surface area contributed by atoms with Gasteiger partial charge in [0.05, 0.1) is 12.9 Å². The van der Waals surface area contributed by atoms with Crippen molar-refractivity contribution in [3.8, 4) is 0 Å². The molecule has 8 heteroatoms. The maximum Gasteiger partial charge on any atom is 0.333 e. The summed E-state index contributed by atoms with van der Waals surface area (Å²) in [6, 6.07) is 0. The Bertz CT molecular complexity index is 919. The Morgan fingerprint density at radius 3 is 2.83 bits per heavy atom. The second kappa shape index (κ2) is 6.46. The van der Waals surface area contributed by atoms with E-state index in [0.29, 0.717) is 18.2 Å². The fourth-order valence-corrected chi connectivity index (χ4v) is 2.93. The number of aryl methyl sites for hydroxylation is 2. The van der Waals surface area contributed by atoms with Gasteiger partial charge in [0, 0.05) is 14.1 Å². The summed E-state index contributed by atoms with van der Waals surface area (Å²) in [5.41, 5.74) is -0.539. The number of rotatable bonds is 4. The molecule has 0 amide bonds. The van der Waals surface area contributed by atoms with Crippen LogP contribution in [0.15, 0.2) is 28.1 Å². The number of nitrogens with zero attached hydrogens (tertiary/aromatic N) is 4. The lowest BCUT2D eigenvalue weighted by Crippen LogP contribution is -2.41. The van der Waals surface area contributed by atoms with Crippen molar-refractivity contribution < 1.29 is 9.53 Å². The van der Waals surface area contributed by atoms with Gasteiger partial charge in [-0.3, -0.25) is 14.2 Å². The van der Waals surface area contributed by atoms with Gasteiger partial charge in [-0.05, 0) is 25.2 Å². The summed E-state index contributed by atoms with van der Waals surface area (Å²) in [7, 11) is 3.19. The molecule has 0 saturated heterocycles. The fourth-order valence-electron chi connectivity index (χ4n) is 2.93. The van der Waals surface area contributed by atoms with Crippen LogP contribution >= 0.6 is 0 Å². The summed E-state index contributed by atoms with van der Waals surface area (Å²) in [5, 5.41) is 0. The largest absolute Gasteiger partial charge is 0.464 e. The van der Waals surface area contributed by atoms with Gasteiger partial charge in [-0.15, -0.1) is 0 Å². The number of hydrogen-bond donors (Lipinski definition) is 0. The highest BCUT2D eigenvalue weighted by Crippen LogP contribution is 2.18. The highest BCUT2D eigenvalue weighted by molar-refractivity contribution is 5.72. The molecule has 128 valence electrons. The number of carbonyl (C=O) groups excluding carboxylic acids is 1. The minimum absolute atomic E-state index is 0.280. The molecule has 0 fully saturated rings. The van der Waals surface area contributed by atoms with Crippen LogP contribution in [0.3, 0.4) is 0 Å². The van der Waals surface area contributed by atoms with Crippen molar-refractivity contribution in [2.45, 2.75) is 25.8 Å². The number of imidazole rings is 1. The van der Waals surface area contributed by atoms with Gasteiger partial charge in [0.1, 0.15) is 6.54 Å². The average Bonchev–Trinajstić information content (AvgIpc) is 2.98. The third-order valence-corrected chi connectivity index (χ3v) is 4.35. The van der Waals surface area contributed by atoms with Crippen LogP contribution in [0.4, 0.5) is 0 Å². The highest BCUT2D eigenvalue weighted by Gasteiger charge is 2.18. The molecule has 24 heavy (non-hydrogen) atoms. The molecule has 1 atom stereocenters. The normalized spacial score (nSPS) is 17.3. The quantitative estimate of drug-likeness (QED) is 0.595. The second-order valence-corrected chi connectivity index (χ2v) is 6.09. The molecule has 0 N–H and O–H groups in total. The van der Waals surface area contributed by atoms with Gasteiger partial charge >= 0.3 is 11.7 Å². The molecule has 3 rings (SSSR count). The second-order valence-electron chi connectivity index (χ2n) is 6.09. The van der Waals surface area contributed by atoms with Crippen molar-refractivity contribution in [2.75, 3.05) is 6.61 Å². The van der Waals surface area contributed by atoms with Gasteiger partial charge in [-0.2, -0.15) is 0 Å². The van der Waals surface area contributed by atoms with E-state index in [9.17, 15) is 14.4 Å². The first-order chi connectivity index (χ1) is 11.5. The molecule has 0 bridgehead atoms. The Morgan fingerprint density at radius 1 is 1.33 bits per heavy atom. The molecule has 0 aromatic carbocycles. The maximum atomic E-state index is 12.5. The molecule has 0 saturated carbocycles. The lowest BCUT2D eigenvalue weighted by molar-refractivity contribution is -0.146. The van der Waals surface area contributed by atoms with Crippen molar-refractivity contribution in [3.63, 3.8) is 0 Å². The first-order valence-corrected chi connectivity index (χ1v) is 7.90. The zero-order valence-corrected chi connectivity index (χ0v) is 13.8. The molecule has 0 spiro atoms. The number of fused-ring (bicyclic) bond motifs is 1. The molecular weight excluding hydrogens is 312 g/mol. The third-order valence-electron chi connectivity index (χ3n) is 4.35. The van der Waals surface area contributed by atoms with E-state index in [1.807, 2.05) is 0 Å². The third kappa shape index (κ3) is 2.91. The van der Waals surface area contributed by atoms with Crippen LogP contribution in [0, 0.1) is 5.92 Å². The van der Waals surface area contributed by atoms with Crippen LogP contribution in [0.2, 0.25) is 0 Å². The predicted molar refractivity (Wildman–Crippen MR) is 87.7 cm³/mol. The Morgan fingerprint density at radius 2 is 2.12 bits per heavy atom. The van der Waals surface area contributed by atoms with Crippen molar-refractivity contribution in [1.82, 2.24) is 18.7 Å². The van der Waals surface area contributed by atoms with E-state index in [-0.39, 0.29) is 5.52 Å². The number of allylic oxidation sites excluding steroid dienone is 2. The molecule has 2 aromatic rings. The zero-order chi connectivity index (χ0) is 17.3. The van der Waals surface area contributed by atoms with Crippen LogP contribution in [-0.2, 0) is 30.2 Å². The smallest absolute Gasteiger partial charge is 0.333 e. The van der Waals surface area contributed by atoms with Gasteiger partial charge in [0.15, 0.2) is 11.2 Å². The van der Waals surface area contributed by atoms with E-state index in [4.69, 9.17) is 4.74 Å². The minimum Gasteiger partial charge on any atom is -0.464 e. The first kappa shape index (κ1) is 16.2. The lowest BCUT2D eigenvalue weighted by atomic mass is 9.95. The van der Waals surface area contributed by atoms with E-state index in [1.165, 1.54) is 22.5 Å². The number of ether oxygens (including phenoxy) is 1. The molecule has 1 unspecified atom stereocenters. The number of esters is 1. The SMILES string of the molecule is Cn1cnc2c1c(=O)n(CC(=O)OCC1CC=CCC1)c(=O)n2C. The van der Waals surface area contributed by atoms with Gasteiger partial charge < -0.3 is 9.30 Å². The zero-order valence-electron chi connectivity index (χ0n) is 13.8. The molecule has 1 aliphatic carbocycles. The lowest BCUT2D eigenvalue weighted by Gasteiger charge is -2.17. The summed E-state index contributed by atoms with van der Waals surface area (Å²) < 4.78 is 8.95. The minimum atomic E-state index is -0.580. The van der Waals surface area contributed by atoms with Crippen molar-refractivity contribution in [2.24, 2.45) is 20.0 Å². The van der Waals surface area contributed by atoms with Crippen LogP contribution in [0.5, 0.6) is 0 Å². The summed E-state index contributed by atoms with van der Waals surface area (Å²) in [4.78, 5) is 40.9. The molecule has 2 aromatic heterocycles. The average molecular weight is 332 g/mol. The van der Waals surface area contributed by atoms with Gasteiger partial charge in [-0.25, -0.2) is 14.3 Å². The molecule has 0 aliphatic heterocycles. The first-order valence-electron chi connectivity index (χ1n) is 7.90. The Balaban J connectivity index is 1.80. The summed E-state index contributed by atoms with van der Waals surface area (Å²) >= 11 is 0. The summed E-state index contributed by atoms with van der Waals surface area (Å²) in [6.45, 7) is -0.0820. The molecule has 8 nitrogen and oxygen atoms in total. The van der Waals surface area contributed by atoms with E-state index in [1.54, 1.807) is 7.05 Å². The molecular formula is C16H20N4O4. The highest BCUT2D eigenvalue weighted by atomic mass is 16.5. The number of carbonyl (C=O) groups is 1. The summed E-state index contributed by atoms with van der Waals surface area (Å²) in [5.74, 6) is -0.275. The van der Waals surface area contributed by atoms with Crippen molar-refractivity contribution in [1.29, 1.82) is 0 Å². The summed E-state index contributed by atoms with van der Waals surface area (Å²) in [6.07, 6.45) is 8.51. The Kier molecular flexibility index (Phi) is 4.37. The van der Waals surface area contributed by atoms with Crippen LogP contribution in [0.25, 0.3) is 11.2 Å². The Hall–Kier alpha value is -2.64. The van der Waals surface area contributed by atoms with E-state index < -0.39 is 23.8 Å². The molecule has 2 heterocycles. The maximum absolute atomic E-state index is 12.5. The molecule has 0 radical (unpaired) electrons. The van der Waals surface area contributed by atoms with Crippen molar-refractivity contribution >= 4 is 17.1 Å². The predicted octanol–water partition coefficient (Wildman–Crippen LogP) is 0.333. The fraction of sp³-hybridized carbons (Fsp3) is 0.500. The van der Waals surface area contributed by atoms with Gasteiger partial charge in [0.25, 0.3) is 5.56 Å². The van der Waals surface area contributed by atoms with Crippen LogP contribution < -0.4 is 11.2 Å². The Labute approximate surface area is 138 Å². The van der Waals surface area contributed by atoms with E-state index in [2.05, 4.69) is 17.1 Å². The monoisotopic (exact) mass is 332 g/mol. The van der Waals surface area contributed by atoms with E-state index in [0.717, 1.165) is 23.8 Å². The topological polar surface area (TPSA) is 88.1 Å². The number of hydrogen-bond acceptors (Lipinski definition) is 5. The van der Waals surface area contributed by atoms with Crippen LogP contribution in [-0.4, -0.2) is 31.3 Å². The van der Waals surface area contributed by atoms with E-state index >= 15 is 0 Å². The van der Waals surface area contributed by atoms with Gasteiger partial charge in [0.2, 0.25) is 0 Å². The standard InChI is InChI=1S/C16H20N4O4/c1-18-10-17-14-13(18)15(22)20(16(23)19(14)2)8-12(21)24-9-11-6-4-3-5-7-11/h3-4,10-11H,5-9H2,1-2H3. The van der Waals surface area contributed by atoms with Crippen LogP contribution in [0.1, 0.15) is 19.3 Å². The number of aromatic nitrogens is 4.